The van der Waals surface area contributed by atoms with Crippen LogP contribution in [0.5, 0.6) is 0 Å². The molecule has 43 heavy (non-hydrogen) atoms. The maximum absolute atomic E-state index is 5.32. The van der Waals surface area contributed by atoms with E-state index in [1.165, 1.54) is 16.7 Å². The van der Waals surface area contributed by atoms with E-state index in [1.54, 1.807) is 6.08 Å². The van der Waals surface area contributed by atoms with Crippen molar-refractivity contribution in [1.29, 1.82) is 0 Å². The first kappa shape index (κ1) is 26.5. The molecule has 3 nitrogen and oxygen atoms in total. The van der Waals surface area contributed by atoms with Gasteiger partial charge in [0.15, 0.2) is 0 Å². The van der Waals surface area contributed by atoms with Crippen LogP contribution in [0.25, 0.3) is 39.0 Å². The average molecular weight is 556 g/mol. The van der Waals surface area contributed by atoms with Gasteiger partial charge in [0.25, 0.3) is 0 Å². The Labute approximate surface area is 253 Å². The van der Waals surface area contributed by atoms with Gasteiger partial charge in [-0.1, -0.05) is 93.1 Å². The molecule has 0 saturated carbocycles. The minimum absolute atomic E-state index is 0.612. The van der Waals surface area contributed by atoms with Crippen LogP contribution < -0.4 is 4.90 Å². The van der Waals surface area contributed by atoms with E-state index in [2.05, 4.69) is 128 Å². The molecule has 1 aliphatic heterocycles. The van der Waals surface area contributed by atoms with Crippen LogP contribution in [0.3, 0.4) is 0 Å². The van der Waals surface area contributed by atoms with E-state index in [4.69, 9.17) is 4.98 Å². The van der Waals surface area contributed by atoms with Crippen molar-refractivity contribution >= 4 is 27.9 Å². The fourth-order valence-electron chi connectivity index (χ4n) is 7.04. The summed E-state index contributed by atoms with van der Waals surface area (Å²) in [4.78, 5) is 7.42. The second-order valence-corrected chi connectivity index (χ2v) is 11.2. The number of rotatable bonds is 7. The fourth-order valence-corrected chi connectivity index (χ4v) is 7.04. The molecule has 4 aromatic carbocycles. The molecule has 1 spiro atoms. The molecule has 0 bridgehead atoms. The Morgan fingerprint density at radius 3 is 2.37 bits per heavy atom. The number of allylic oxidation sites excluding steroid dienone is 7. The van der Waals surface area contributed by atoms with Crippen molar-refractivity contribution in [2.75, 3.05) is 11.9 Å². The Hall–Kier alpha value is -5.41. The third-order valence-electron chi connectivity index (χ3n) is 8.88. The largest absolute Gasteiger partial charge is 0.351 e. The Morgan fingerprint density at radius 1 is 0.860 bits per heavy atom. The van der Waals surface area contributed by atoms with E-state index in [0.29, 0.717) is 0 Å². The van der Waals surface area contributed by atoms with Crippen LogP contribution in [-0.4, -0.2) is 16.6 Å². The maximum atomic E-state index is 5.32. The standard InChI is InChI=1S/C40H33N3/c1-7-10-23-42(6)36-21-19-27(24-31(36)26(4)5)28-20-22-37-34(25-28)40(39-41-35-17-13-14-18-38(35)43(37)39)32(9-3)29(8-2)30-15-11-12-16-33(30)40/h7-25H,1-4H2,5-6H3/b23-10+. The van der Waals surface area contributed by atoms with E-state index < -0.39 is 5.41 Å². The molecule has 0 radical (unpaired) electrons. The molecule has 0 N–H and O–H groups in total. The van der Waals surface area contributed by atoms with Gasteiger partial charge in [0, 0.05) is 24.5 Å². The van der Waals surface area contributed by atoms with Gasteiger partial charge in [0.05, 0.1) is 16.7 Å². The van der Waals surface area contributed by atoms with Crippen LogP contribution in [0.2, 0.25) is 0 Å². The summed E-state index contributed by atoms with van der Waals surface area (Å²) in [6.07, 6.45) is 9.70. The van der Waals surface area contributed by atoms with Crippen LogP contribution in [0, 0.1) is 0 Å². The molecule has 0 amide bonds. The van der Waals surface area contributed by atoms with Crippen molar-refractivity contribution in [2.45, 2.75) is 12.3 Å². The minimum atomic E-state index is -0.612. The molecule has 1 unspecified atom stereocenters. The summed E-state index contributed by atoms with van der Waals surface area (Å²) in [5.74, 6) is 0.994. The van der Waals surface area contributed by atoms with Crippen molar-refractivity contribution in [3.63, 3.8) is 0 Å². The molecule has 208 valence electrons. The lowest BCUT2D eigenvalue weighted by Gasteiger charge is -2.28. The highest BCUT2D eigenvalue weighted by Crippen LogP contribution is 2.60. The predicted octanol–water partition coefficient (Wildman–Crippen LogP) is 9.65. The number of nitrogens with zero attached hydrogens (tertiary/aromatic N) is 3. The summed E-state index contributed by atoms with van der Waals surface area (Å²) in [6.45, 7) is 18.7. The van der Waals surface area contributed by atoms with Gasteiger partial charge in [-0.3, -0.25) is 4.57 Å². The first-order chi connectivity index (χ1) is 20.9. The van der Waals surface area contributed by atoms with E-state index in [9.17, 15) is 0 Å². The summed E-state index contributed by atoms with van der Waals surface area (Å²) in [5.41, 5.74) is 13.9. The molecule has 1 aliphatic carbocycles. The number of hydrogen-bond donors (Lipinski definition) is 0. The Bertz CT molecular complexity index is 2080. The van der Waals surface area contributed by atoms with Crippen LogP contribution in [0.4, 0.5) is 5.69 Å². The Kier molecular flexibility index (Phi) is 6.07. The lowest BCUT2D eigenvalue weighted by Crippen LogP contribution is -2.28. The number of para-hydroxylation sites is 2. The van der Waals surface area contributed by atoms with Crippen molar-refractivity contribution in [2.24, 2.45) is 0 Å². The van der Waals surface area contributed by atoms with E-state index in [1.807, 2.05) is 31.5 Å². The molecule has 2 heterocycles. The van der Waals surface area contributed by atoms with Gasteiger partial charge < -0.3 is 4.90 Å². The summed E-state index contributed by atoms with van der Waals surface area (Å²) in [5, 5.41) is 0. The topological polar surface area (TPSA) is 21.1 Å². The minimum Gasteiger partial charge on any atom is -0.351 e. The highest BCUT2D eigenvalue weighted by molar-refractivity contribution is 5.95. The van der Waals surface area contributed by atoms with E-state index in [0.717, 1.165) is 61.6 Å². The highest BCUT2D eigenvalue weighted by atomic mass is 15.1. The zero-order valence-electron chi connectivity index (χ0n) is 24.6. The molecule has 2 aliphatic rings. The number of imidazole rings is 1. The second-order valence-electron chi connectivity index (χ2n) is 11.2. The van der Waals surface area contributed by atoms with Gasteiger partial charge in [-0.05, 0) is 93.9 Å². The lowest BCUT2D eigenvalue weighted by molar-refractivity contribution is 0.732. The molecular weight excluding hydrogens is 522 g/mol. The van der Waals surface area contributed by atoms with Gasteiger partial charge in [0.2, 0.25) is 0 Å². The summed E-state index contributed by atoms with van der Waals surface area (Å²) < 4.78 is 2.34. The molecule has 1 aromatic heterocycles. The normalized spacial score (nSPS) is 16.4. The molecule has 0 saturated heterocycles. The summed E-state index contributed by atoms with van der Waals surface area (Å²) >= 11 is 0. The van der Waals surface area contributed by atoms with Gasteiger partial charge in [-0.2, -0.15) is 0 Å². The van der Waals surface area contributed by atoms with Gasteiger partial charge in [-0.25, -0.2) is 4.98 Å². The smallest absolute Gasteiger partial charge is 0.134 e. The van der Waals surface area contributed by atoms with E-state index >= 15 is 0 Å². The second kappa shape index (κ2) is 9.85. The fraction of sp³-hybridized carbons (Fsp3) is 0.0750. The molecular formula is C40H33N3. The van der Waals surface area contributed by atoms with Gasteiger partial charge in [0.1, 0.15) is 11.2 Å². The van der Waals surface area contributed by atoms with Crippen LogP contribution in [0.15, 0.2) is 147 Å². The Morgan fingerprint density at radius 2 is 1.60 bits per heavy atom. The van der Waals surface area contributed by atoms with Crippen molar-refractivity contribution in [1.82, 2.24) is 9.55 Å². The third kappa shape index (κ3) is 3.58. The Balaban J connectivity index is 1.52. The zero-order valence-corrected chi connectivity index (χ0v) is 24.6. The quantitative estimate of drug-likeness (QED) is 0.186. The van der Waals surface area contributed by atoms with Crippen molar-refractivity contribution in [3.05, 3.63) is 175 Å². The SMILES string of the molecule is C=C/C=C/N(C)c1ccc(-c2ccc3c(c2)C2(C(C=C)=C(C=C)c4ccccc42)c2nc4ccccc4n2-3)cc1C(=C)C. The molecule has 1 atom stereocenters. The first-order valence-corrected chi connectivity index (χ1v) is 14.5. The number of aromatic nitrogens is 2. The first-order valence-electron chi connectivity index (χ1n) is 14.5. The van der Waals surface area contributed by atoms with Crippen LogP contribution in [0.1, 0.15) is 35.0 Å². The molecule has 5 aromatic rings. The molecule has 7 rings (SSSR count). The van der Waals surface area contributed by atoms with Crippen LogP contribution >= 0.6 is 0 Å². The average Bonchev–Trinajstić information content (AvgIpc) is 3.65. The number of hydrogen-bond acceptors (Lipinski definition) is 2. The zero-order chi connectivity index (χ0) is 29.9. The number of benzene rings is 4. The third-order valence-corrected chi connectivity index (χ3v) is 8.88. The summed E-state index contributed by atoms with van der Waals surface area (Å²) in [6, 6.07) is 30.5. The lowest BCUT2D eigenvalue weighted by atomic mass is 9.71. The number of fused-ring (bicyclic) bond motifs is 9. The van der Waals surface area contributed by atoms with Crippen LogP contribution in [-0.2, 0) is 5.41 Å². The van der Waals surface area contributed by atoms with Crippen molar-refractivity contribution < 1.29 is 0 Å². The van der Waals surface area contributed by atoms with Gasteiger partial charge in [-0.15, -0.1) is 0 Å². The monoisotopic (exact) mass is 555 g/mol. The maximum Gasteiger partial charge on any atom is 0.134 e. The van der Waals surface area contributed by atoms with E-state index in [-0.39, 0.29) is 0 Å². The highest BCUT2D eigenvalue weighted by Gasteiger charge is 2.54. The number of anilines is 1. The summed E-state index contributed by atoms with van der Waals surface area (Å²) in [7, 11) is 2.05. The molecule has 0 fully saturated rings. The van der Waals surface area contributed by atoms with Crippen molar-refractivity contribution in [3.8, 4) is 16.8 Å². The predicted molar refractivity (Wildman–Crippen MR) is 183 cm³/mol. The van der Waals surface area contributed by atoms with Gasteiger partial charge >= 0.3 is 0 Å². The molecule has 3 heteroatoms.